The van der Waals surface area contributed by atoms with Gasteiger partial charge in [-0.3, -0.25) is 19.2 Å². The van der Waals surface area contributed by atoms with E-state index in [2.05, 4.69) is 118 Å². The van der Waals surface area contributed by atoms with E-state index < -0.39 is 22.4 Å². The van der Waals surface area contributed by atoms with Crippen LogP contribution in [0.1, 0.15) is 322 Å². The van der Waals surface area contributed by atoms with E-state index >= 15 is 0 Å². The van der Waals surface area contributed by atoms with E-state index in [0.29, 0.717) is 118 Å². The number of aromatic amines is 1. The maximum absolute atomic E-state index is 13.7. The van der Waals surface area contributed by atoms with Crippen LogP contribution in [0, 0.1) is 162 Å². The zero-order valence-electron chi connectivity index (χ0n) is 83.5. The minimum Gasteiger partial charge on any atom is -0.390 e. The third kappa shape index (κ3) is 18.1. The average molecular weight is 2030 g/mol. The molecule has 32 atom stereocenters. The fraction of sp³-hybridized carbons (Fsp3) is 0.752. The Hall–Kier alpha value is -5.36. The number of benzene rings is 4. The average Bonchev–Trinajstić information content (AvgIpc) is 1.31. The van der Waals surface area contributed by atoms with E-state index in [1.54, 1.807) is 38.4 Å². The minimum absolute atomic E-state index is 0. The van der Waals surface area contributed by atoms with E-state index in [0.717, 1.165) is 213 Å². The Kier molecular flexibility index (Phi) is 27.6. The van der Waals surface area contributed by atoms with Crippen molar-refractivity contribution in [3.05, 3.63) is 92.9 Å². The van der Waals surface area contributed by atoms with Crippen molar-refractivity contribution in [3.63, 3.8) is 0 Å². The molecule has 5 N–H and O–H groups in total. The van der Waals surface area contributed by atoms with Crippen LogP contribution in [0.4, 0.5) is 0 Å². The molecule has 0 aliphatic heterocycles. The summed E-state index contributed by atoms with van der Waals surface area (Å²) in [6.45, 7) is 28.8. The Balaban J connectivity index is 0.000000114. The molecule has 8 aromatic rings. The summed E-state index contributed by atoms with van der Waals surface area (Å²) in [6, 6.07) is 21.9. The molecule has 20 nitrogen and oxygen atoms in total. The number of nitrogens with zero attached hydrogens (tertiary/aromatic N) is 11. The van der Waals surface area contributed by atoms with Crippen LogP contribution in [0.3, 0.4) is 0 Å². The zero-order valence-corrected chi connectivity index (χ0v) is 88.1. The highest BCUT2D eigenvalue weighted by molar-refractivity contribution is 9.09. The molecule has 24 rings (SSSR count). The number of nitrogens with one attached hydrogen (secondary N) is 1. The lowest BCUT2D eigenvalue weighted by molar-refractivity contribution is -0.151. The number of fused-ring (bicyclic) bond motifs is 24. The molecule has 0 unspecified atom stereocenters. The molecule has 16 aliphatic rings. The lowest BCUT2D eigenvalue weighted by atomic mass is 9.44. The predicted octanol–water partition coefficient (Wildman–Crippen LogP) is 25.8. The van der Waals surface area contributed by atoms with Gasteiger partial charge in [-0.2, -0.15) is 30.4 Å². The number of Topliss-reactive ketones (excluding diaryl/α,β-unsaturated/α-hetero) is 4. The Bertz CT molecular complexity index is 5860. The number of hydrogen-bond donors (Lipinski definition) is 5. The Labute approximate surface area is 847 Å². The number of aromatic nitrogens is 12. The first-order chi connectivity index (χ1) is 64.9. The SMILES string of the molecule is C.C[C@@]1(O)CC[C@@]2(C)[C@H](CC[C@@H]3[C@@H]2CC[C@]2(C)[C@@H](C(=O)CBr)CC[C@@H]32)C1.C[C@@]1(O)CC[C@@]2(C)[C@H](CC[C@@H]3[C@@H]2CC[C@]2(C)[C@@H](C(=O)Cn4nc5ccc(Cl)cc5n4)CC[C@@H]32)C1.C[C@@]1(O)CC[C@@]2(C)[C@H](CC[C@@H]3[C@@H]2CC[C@]2(C)[C@@H](C(=O)Cn4nnc5cc(Cl)ccc54)CC[C@@H]32)C1.C[C@@]1(O)CC[C@@]2(C)[C@H](CC[C@@H]3[C@@H]2CC[C@]2(C)[C@@H](C(=O)Cn4nnc5ccc(Cl)cc54)CC[C@@H]32)C1.Clc1ccc2n[nH]nc2c1. The summed E-state index contributed by atoms with van der Waals surface area (Å²) in [7, 11) is 0. The molecule has 138 heavy (non-hydrogen) atoms. The van der Waals surface area contributed by atoms with E-state index in [4.69, 9.17) is 46.4 Å². The zero-order chi connectivity index (χ0) is 96.7. The van der Waals surface area contributed by atoms with Crippen LogP contribution in [-0.4, -0.2) is 132 Å². The van der Waals surface area contributed by atoms with Gasteiger partial charge in [0.25, 0.3) is 0 Å². The summed E-state index contributed by atoms with van der Waals surface area (Å²) in [4.78, 5) is 55.0. The molecule has 0 amide bonds. The fourth-order valence-corrected chi connectivity index (χ4v) is 37.7. The van der Waals surface area contributed by atoms with Crippen LogP contribution in [0.5, 0.6) is 0 Å². The lowest BCUT2D eigenvalue weighted by Crippen LogP contribution is -2.55. The second-order valence-corrected chi connectivity index (χ2v) is 53.5. The number of aliphatic hydroxyl groups is 4. The molecule has 25 heteroatoms. The second-order valence-electron chi connectivity index (χ2n) is 51.2. The van der Waals surface area contributed by atoms with Gasteiger partial charge in [0.1, 0.15) is 58.5 Å². The van der Waals surface area contributed by atoms with Crippen molar-refractivity contribution in [2.75, 3.05) is 5.33 Å². The summed E-state index contributed by atoms with van der Waals surface area (Å²) in [6.07, 6.45) is 41.1. The van der Waals surface area contributed by atoms with E-state index in [1.807, 2.05) is 76.2 Å². The number of hydrogen-bond acceptors (Lipinski definition) is 16. The van der Waals surface area contributed by atoms with Crippen molar-refractivity contribution in [1.82, 2.24) is 60.4 Å². The van der Waals surface area contributed by atoms with E-state index in [9.17, 15) is 39.6 Å². The number of halogens is 5. The van der Waals surface area contributed by atoms with Gasteiger partial charge in [-0.25, -0.2) is 9.36 Å². The number of carbonyl (C=O) groups is 4. The molecule has 4 aromatic carbocycles. The third-order valence-electron chi connectivity index (χ3n) is 44.0. The Morgan fingerprint density at radius 1 is 0.326 bits per heavy atom. The number of carbonyl (C=O) groups excluding carboxylic acids is 4. The highest BCUT2D eigenvalue weighted by atomic mass is 79.9. The van der Waals surface area contributed by atoms with Gasteiger partial charge < -0.3 is 20.4 Å². The summed E-state index contributed by atoms with van der Waals surface area (Å²) in [5.41, 5.74) is 6.52. The number of alkyl halides is 1. The van der Waals surface area contributed by atoms with Gasteiger partial charge in [-0.15, -0.1) is 10.2 Å². The van der Waals surface area contributed by atoms with Crippen molar-refractivity contribution in [1.29, 1.82) is 0 Å². The molecular weight excluding hydrogens is 1880 g/mol. The van der Waals surface area contributed by atoms with Crippen LogP contribution in [0.2, 0.25) is 20.1 Å². The first-order valence-corrected chi connectivity index (χ1v) is 56.0. The van der Waals surface area contributed by atoms with Crippen molar-refractivity contribution < 1.29 is 39.6 Å². The molecule has 4 heterocycles. The molecule has 0 radical (unpaired) electrons. The van der Waals surface area contributed by atoms with Gasteiger partial charge in [-0.05, 0) is 470 Å². The van der Waals surface area contributed by atoms with Crippen molar-refractivity contribution in [3.8, 4) is 0 Å². The van der Waals surface area contributed by atoms with Gasteiger partial charge in [0.2, 0.25) is 0 Å². The molecule has 0 saturated heterocycles. The smallest absolute Gasteiger partial charge is 0.159 e. The first-order valence-electron chi connectivity index (χ1n) is 53.4. The molecule has 752 valence electrons. The van der Waals surface area contributed by atoms with Crippen LogP contribution < -0.4 is 0 Å². The lowest BCUT2D eigenvalue weighted by Gasteiger charge is -2.61. The summed E-state index contributed by atoms with van der Waals surface area (Å²) >= 11 is 27.5. The Morgan fingerprint density at radius 2 is 0.630 bits per heavy atom. The van der Waals surface area contributed by atoms with Crippen molar-refractivity contribution in [2.24, 2.45) is 162 Å². The van der Waals surface area contributed by atoms with Gasteiger partial charge >= 0.3 is 0 Å². The summed E-state index contributed by atoms with van der Waals surface area (Å²) < 4.78 is 3.50. The molecule has 0 spiro atoms. The maximum Gasteiger partial charge on any atom is 0.159 e. The van der Waals surface area contributed by atoms with Crippen LogP contribution in [0.15, 0.2) is 72.8 Å². The van der Waals surface area contributed by atoms with Gasteiger partial charge in [0, 0.05) is 43.8 Å². The molecule has 16 fully saturated rings. The largest absolute Gasteiger partial charge is 0.390 e. The standard InChI is InChI=1S/3C28H38ClN3O2.C22H35BrO2.C6H4ClN3.CH4/c1-26(34)12-13-27(2)17(15-26)4-6-19-20-7-8-22(28(20,3)11-10-21(19)27)25(33)16-32-24-9-5-18(29)14-23(24)30-31-32;1-26(34)12-13-27(2)17(15-26)4-6-19-20-7-8-22(28(20,3)11-10-21(19)27)25(33)16-32-24-14-18(29)5-9-23(24)30-31-32;1-26(34)12-13-27(2)17(15-26)4-6-19-20-7-8-22(28(20,3)11-10-21(19)27)25(33)16-32-30-23-9-5-18(29)14-24(23)31-32;1-20(25)10-11-21(2)14(12-20)4-5-15-16-6-7-18(19(24)13-23)22(16,3)9-8-17(15)21;7-4-1-2-5-6(3-4)9-10-8-5;/h3*5,9,14,17,19-22,34H,4,6-8,10-13,15-16H2,1-3H3;14-18,25H,4-13H2,1-3H3;1-3H,(H,8,9,10);1H4/t3*17-,19+,20+,21+,22-,26-,27+,28+;14-,15+,16+,17+,18-,20-,21+,22+;;/m1111../s1. The molecular formula is C113H157BrCl4N12O8. The van der Waals surface area contributed by atoms with Gasteiger partial charge in [0.05, 0.1) is 38.8 Å². The second kappa shape index (κ2) is 37.5. The molecule has 16 saturated carbocycles. The minimum atomic E-state index is -0.485. The normalized spacial score (nSPS) is 43.2. The predicted molar refractivity (Wildman–Crippen MR) is 550 cm³/mol. The quantitative estimate of drug-likeness (QED) is 0.0752. The highest BCUT2D eigenvalue weighted by Crippen LogP contribution is 2.74. The summed E-state index contributed by atoms with van der Waals surface area (Å²) in [5, 5.41) is 82.2. The number of H-pyrrole nitrogens is 1. The third-order valence-corrected chi connectivity index (χ3v) is 45.5. The number of ketones is 4. The fourth-order valence-electron chi connectivity index (χ4n) is 36.6. The van der Waals surface area contributed by atoms with Crippen molar-refractivity contribution in [2.45, 2.75) is 364 Å². The Morgan fingerprint density at radius 3 is 1.02 bits per heavy atom. The van der Waals surface area contributed by atoms with Crippen LogP contribution in [-0.2, 0) is 38.8 Å². The van der Waals surface area contributed by atoms with Crippen LogP contribution >= 0.6 is 62.3 Å². The monoisotopic (exact) mass is 2030 g/mol. The summed E-state index contributed by atoms with van der Waals surface area (Å²) in [5.74, 6) is 13.4. The van der Waals surface area contributed by atoms with E-state index in [-0.39, 0.29) is 65.8 Å². The van der Waals surface area contributed by atoms with Gasteiger partial charge in [0.15, 0.2) is 17.3 Å². The molecule has 16 aliphatic carbocycles. The molecule has 0 bridgehead atoms. The van der Waals surface area contributed by atoms with Crippen LogP contribution in [0.25, 0.3) is 44.1 Å². The topological polar surface area (TPSA) is 283 Å². The number of rotatable bonds is 11. The first kappa shape index (κ1) is 101. The van der Waals surface area contributed by atoms with Crippen molar-refractivity contribution >= 4 is 130 Å². The van der Waals surface area contributed by atoms with Gasteiger partial charge in [-0.1, -0.05) is 136 Å². The van der Waals surface area contributed by atoms with E-state index in [1.165, 1.54) is 116 Å². The maximum atomic E-state index is 13.7. The molecule has 4 aromatic heterocycles. The highest BCUT2D eigenvalue weighted by Gasteiger charge is 2.68.